The Bertz CT molecular complexity index is 980. The van der Waals surface area contributed by atoms with Gasteiger partial charge in [-0.2, -0.15) is 4.31 Å². The third-order valence-electron chi connectivity index (χ3n) is 5.13. The zero-order valence-electron chi connectivity index (χ0n) is 15.6. The molecule has 0 spiro atoms. The molecular weight excluding hydrogens is 380 g/mol. The Hall–Kier alpha value is -2.58. The van der Waals surface area contributed by atoms with Crippen LogP contribution in [-0.4, -0.2) is 38.5 Å². The molecule has 2 aliphatic heterocycles. The number of sulfonamides is 1. The Labute approximate surface area is 164 Å². The van der Waals surface area contributed by atoms with Crippen molar-refractivity contribution in [2.75, 3.05) is 25.2 Å². The number of benzene rings is 2. The number of hydrogen-bond acceptors (Lipinski definition) is 5. The Morgan fingerprint density at radius 2 is 1.71 bits per heavy atom. The van der Waals surface area contributed by atoms with Gasteiger partial charge in [0.15, 0.2) is 11.5 Å². The summed E-state index contributed by atoms with van der Waals surface area (Å²) in [5.74, 6) is 1.44. The second-order valence-electron chi connectivity index (χ2n) is 7.13. The lowest BCUT2D eigenvalue weighted by molar-refractivity contribution is 0.102. The van der Waals surface area contributed by atoms with Gasteiger partial charge >= 0.3 is 0 Å². The van der Waals surface area contributed by atoms with Gasteiger partial charge in [-0.15, -0.1) is 0 Å². The second-order valence-corrected chi connectivity index (χ2v) is 9.07. The van der Waals surface area contributed by atoms with Crippen molar-refractivity contribution in [3.8, 4) is 11.5 Å². The second kappa shape index (κ2) is 7.44. The minimum absolute atomic E-state index is 0.165. The Morgan fingerprint density at radius 1 is 1.04 bits per heavy atom. The minimum Gasteiger partial charge on any atom is -0.454 e. The highest BCUT2D eigenvalue weighted by Crippen LogP contribution is 2.34. The van der Waals surface area contributed by atoms with Crippen molar-refractivity contribution >= 4 is 21.6 Å². The van der Waals surface area contributed by atoms with Gasteiger partial charge in [0.25, 0.3) is 5.91 Å². The van der Waals surface area contributed by atoms with E-state index in [2.05, 4.69) is 12.2 Å². The number of nitrogens with one attached hydrogen (secondary N) is 1. The van der Waals surface area contributed by atoms with E-state index in [1.54, 1.807) is 18.2 Å². The Balaban J connectivity index is 1.46. The molecule has 2 aromatic rings. The molecule has 2 aromatic carbocycles. The summed E-state index contributed by atoms with van der Waals surface area (Å²) in [6.07, 6.45) is 1.74. The average Bonchev–Trinajstić information content (AvgIpc) is 3.16. The zero-order chi connectivity index (χ0) is 19.7. The van der Waals surface area contributed by atoms with Crippen molar-refractivity contribution in [3.63, 3.8) is 0 Å². The SMILES string of the molecule is CC1CCN(S(=O)(=O)c2ccc(C(=O)Nc3ccc4c(c3)OCO4)cc2)CC1. The zero-order valence-corrected chi connectivity index (χ0v) is 16.4. The first kappa shape index (κ1) is 18.8. The Morgan fingerprint density at radius 3 is 2.43 bits per heavy atom. The van der Waals surface area contributed by atoms with Crippen LogP contribution in [0.5, 0.6) is 11.5 Å². The number of piperidine rings is 1. The molecule has 2 aliphatic rings. The minimum atomic E-state index is -3.52. The van der Waals surface area contributed by atoms with E-state index in [1.807, 2.05) is 0 Å². The van der Waals surface area contributed by atoms with Crippen LogP contribution in [0, 0.1) is 5.92 Å². The van der Waals surface area contributed by atoms with Gasteiger partial charge < -0.3 is 14.8 Å². The maximum absolute atomic E-state index is 12.8. The van der Waals surface area contributed by atoms with Gasteiger partial charge in [-0.05, 0) is 55.2 Å². The van der Waals surface area contributed by atoms with Crippen molar-refractivity contribution in [1.29, 1.82) is 0 Å². The number of ether oxygens (including phenoxy) is 2. The van der Waals surface area contributed by atoms with Crippen molar-refractivity contribution < 1.29 is 22.7 Å². The number of hydrogen-bond donors (Lipinski definition) is 1. The van der Waals surface area contributed by atoms with E-state index in [0.717, 1.165) is 12.8 Å². The lowest BCUT2D eigenvalue weighted by Gasteiger charge is -2.29. The molecule has 28 heavy (non-hydrogen) atoms. The molecule has 1 fully saturated rings. The van der Waals surface area contributed by atoms with Crippen LogP contribution in [0.4, 0.5) is 5.69 Å². The number of carbonyl (C=O) groups excluding carboxylic acids is 1. The normalized spacial score (nSPS) is 17.5. The third-order valence-corrected chi connectivity index (χ3v) is 7.04. The molecule has 1 amide bonds. The fourth-order valence-corrected chi connectivity index (χ4v) is 4.80. The molecule has 0 aromatic heterocycles. The summed E-state index contributed by atoms with van der Waals surface area (Å²) in [7, 11) is -3.52. The van der Waals surface area contributed by atoms with E-state index >= 15 is 0 Å². The number of carbonyl (C=O) groups is 1. The van der Waals surface area contributed by atoms with Crippen LogP contribution in [0.15, 0.2) is 47.4 Å². The topological polar surface area (TPSA) is 84.9 Å². The van der Waals surface area contributed by atoms with E-state index < -0.39 is 10.0 Å². The summed E-state index contributed by atoms with van der Waals surface area (Å²) < 4.78 is 37.6. The van der Waals surface area contributed by atoms with Gasteiger partial charge in [-0.3, -0.25) is 4.79 Å². The maximum atomic E-state index is 12.8. The molecule has 2 heterocycles. The summed E-state index contributed by atoms with van der Waals surface area (Å²) in [4.78, 5) is 12.7. The van der Waals surface area contributed by atoms with Crippen molar-refractivity contribution in [1.82, 2.24) is 4.31 Å². The van der Waals surface area contributed by atoms with Crippen LogP contribution in [0.1, 0.15) is 30.1 Å². The summed E-state index contributed by atoms with van der Waals surface area (Å²) >= 11 is 0. The molecule has 0 bridgehead atoms. The summed E-state index contributed by atoms with van der Waals surface area (Å²) in [6, 6.07) is 11.2. The fourth-order valence-electron chi connectivity index (χ4n) is 3.33. The summed E-state index contributed by atoms with van der Waals surface area (Å²) in [6.45, 7) is 3.38. The molecular formula is C20H22N2O5S. The van der Waals surface area contributed by atoms with Gasteiger partial charge in [0, 0.05) is 30.4 Å². The number of rotatable bonds is 4. The van der Waals surface area contributed by atoms with E-state index in [-0.39, 0.29) is 17.6 Å². The number of fused-ring (bicyclic) bond motifs is 1. The number of nitrogens with zero attached hydrogens (tertiary/aromatic N) is 1. The number of amides is 1. The van der Waals surface area contributed by atoms with Gasteiger partial charge in [-0.25, -0.2) is 8.42 Å². The van der Waals surface area contributed by atoms with Crippen LogP contribution in [-0.2, 0) is 10.0 Å². The first-order valence-electron chi connectivity index (χ1n) is 9.25. The monoisotopic (exact) mass is 402 g/mol. The molecule has 0 radical (unpaired) electrons. The lowest BCUT2D eigenvalue weighted by atomic mass is 10.0. The molecule has 0 unspecified atom stereocenters. The van der Waals surface area contributed by atoms with Crippen LogP contribution in [0.25, 0.3) is 0 Å². The molecule has 4 rings (SSSR count). The van der Waals surface area contributed by atoms with Crippen molar-refractivity contribution in [2.45, 2.75) is 24.7 Å². The Kier molecular flexibility index (Phi) is 4.99. The predicted octanol–water partition coefficient (Wildman–Crippen LogP) is 3.09. The van der Waals surface area contributed by atoms with Gasteiger partial charge in [0.2, 0.25) is 16.8 Å². The highest BCUT2D eigenvalue weighted by atomic mass is 32.2. The maximum Gasteiger partial charge on any atom is 0.255 e. The molecule has 1 saturated heterocycles. The first-order chi connectivity index (χ1) is 13.4. The molecule has 148 valence electrons. The highest BCUT2D eigenvalue weighted by molar-refractivity contribution is 7.89. The van der Waals surface area contributed by atoms with Crippen LogP contribution >= 0.6 is 0 Å². The van der Waals surface area contributed by atoms with E-state index in [0.29, 0.717) is 41.8 Å². The third kappa shape index (κ3) is 3.70. The summed E-state index contributed by atoms with van der Waals surface area (Å²) in [5, 5.41) is 2.78. The van der Waals surface area contributed by atoms with Crippen LogP contribution < -0.4 is 14.8 Å². The van der Waals surface area contributed by atoms with Crippen molar-refractivity contribution in [3.05, 3.63) is 48.0 Å². The molecule has 0 aliphatic carbocycles. The van der Waals surface area contributed by atoms with E-state index in [9.17, 15) is 13.2 Å². The lowest BCUT2D eigenvalue weighted by Crippen LogP contribution is -2.37. The summed E-state index contributed by atoms with van der Waals surface area (Å²) in [5.41, 5.74) is 0.956. The van der Waals surface area contributed by atoms with Gasteiger partial charge in [0.05, 0.1) is 4.90 Å². The van der Waals surface area contributed by atoms with Crippen LogP contribution in [0.2, 0.25) is 0 Å². The predicted molar refractivity (Wildman–Crippen MR) is 104 cm³/mol. The van der Waals surface area contributed by atoms with Crippen molar-refractivity contribution in [2.24, 2.45) is 5.92 Å². The van der Waals surface area contributed by atoms with E-state index in [1.165, 1.54) is 28.6 Å². The van der Waals surface area contributed by atoms with Gasteiger partial charge in [-0.1, -0.05) is 6.92 Å². The quantitative estimate of drug-likeness (QED) is 0.850. The number of anilines is 1. The van der Waals surface area contributed by atoms with Gasteiger partial charge in [0.1, 0.15) is 0 Å². The molecule has 0 atom stereocenters. The van der Waals surface area contributed by atoms with Crippen LogP contribution in [0.3, 0.4) is 0 Å². The average molecular weight is 402 g/mol. The highest BCUT2D eigenvalue weighted by Gasteiger charge is 2.28. The molecule has 1 N–H and O–H groups in total. The smallest absolute Gasteiger partial charge is 0.255 e. The fraction of sp³-hybridized carbons (Fsp3) is 0.350. The van der Waals surface area contributed by atoms with E-state index in [4.69, 9.17) is 9.47 Å². The molecule has 8 heteroatoms. The largest absolute Gasteiger partial charge is 0.454 e. The first-order valence-corrected chi connectivity index (χ1v) is 10.7. The molecule has 7 nitrogen and oxygen atoms in total. The standard InChI is InChI=1S/C20H22N2O5S/c1-14-8-10-22(11-9-14)28(24,25)17-5-2-15(3-6-17)20(23)21-16-4-7-18-19(12-16)27-13-26-18/h2-7,12,14H,8-11,13H2,1H3,(H,21,23). The molecule has 0 saturated carbocycles.